The van der Waals surface area contributed by atoms with Crippen molar-refractivity contribution in [3.8, 4) is 0 Å². The molecule has 8 atom stereocenters. The van der Waals surface area contributed by atoms with Crippen LogP contribution in [0.25, 0.3) is 0 Å². The molecule has 2 amide bonds. The molecule has 0 radical (unpaired) electrons. The minimum absolute atomic E-state index is 0.00226. The van der Waals surface area contributed by atoms with E-state index < -0.39 is 23.8 Å². The summed E-state index contributed by atoms with van der Waals surface area (Å²) in [5.41, 5.74) is 2.28. The van der Waals surface area contributed by atoms with E-state index in [1.807, 2.05) is 6.92 Å². The number of hydrogen-bond donors (Lipinski definition) is 2. The number of carboxylic acid groups (broad SMARTS) is 1. The number of thiazole rings is 1. The molecule has 34 heavy (non-hydrogen) atoms. The smallest absolute Gasteiger partial charge is 0.327 e. The number of nitrogens with zero attached hydrogens (tertiary/aromatic N) is 1. The van der Waals surface area contributed by atoms with Crippen LogP contribution >= 0.6 is 23.1 Å². The van der Waals surface area contributed by atoms with Crippen molar-refractivity contribution in [1.82, 2.24) is 9.88 Å². The molecule has 2 N–H and O–H groups in total. The van der Waals surface area contributed by atoms with Crippen LogP contribution in [0.3, 0.4) is 0 Å². The van der Waals surface area contributed by atoms with Crippen LogP contribution < -0.4 is 4.87 Å². The van der Waals surface area contributed by atoms with Gasteiger partial charge in [0.25, 0.3) is 0 Å². The van der Waals surface area contributed by atoms with E-state index in [1.54, 1.807) is 25.6 Å². The Morgan fingerprint density at radius 2 is 1.74 bits per heavy atom. The summed E-state index contributed by atoms with van der Waals surface area (Å²) in [6.45, 7) is 5.51. The molecule has 4 aliphatic rings. The molecule has 2 aromatic rings. The van der Waals surface area contributed by atoms with Gasteiger partial charge >= 0.3 is 10.8 Å². The number of aliphatic carboxylic acids is 1. The topological polar surface area (TPSA) is 108 Å². The molecule has 2 saturated carbocycles. The Morgan fingerprint density at radius 3 is 2.35 bits per heavy atom. The molecule has 0 unspecified atom stereocenters. The minimum Gasteiger partial charge on any atom is -0.480 e. The highest BCUT2D eigenvalue weighted by molar-refractivity contribution is 8.00. The number of carbonyl (C=O) groups is 3. The molecule has 3 fully saturated rings. The number of fused-ring (bicyclic) bond motifs is 9. The van der Waals surface area contributed by atoms with Gasteiger partial charge < -0.3 is 10.1 Å². The van der Waals surface area contributed by atoms with Crippen LogP contribution in [-0.4, -0.2) is 44.1 Å². The highest BCUT2D eigenvalue weighted by Crippen LogP contribution is 2.68. The number of H-pyrrole nitrogens is 1. The number of aryl methyl sites for hydroxylation is 1. The third-order valence-corrected chi connectivity index (χ3v) is 10.9. The first-order valence-corrected chi connectivity index (χ1v) is 13.4. The number of carbonyl (C=O) groups excluding carboxylic acids is 2. The molecule has 7 nitrogen and oxygen atoms in total. The Labute approximate surface area is 204 Å². The number of aromatic amines is 1. The maximum Gasteiger partial charge on any atom is 0.327 e. The molecule has 3 heterocycles. The zero-order chi connectivity index (χ0) is 24.0. The van der Waals surface area contributed by atoms with Gasteiger partial charge in [-0.25, -0.2) is 4.79 Å². The van der Waals surface area contributed by atoms with Crippen molar-refractivity contribution in [2.24, 2.45) is 35.5 Å². The molecular formula is C25H26N2O5S2. The molecule has 6 rings (SSSR count). The average Bonchev–Trinajstić information content (AvgIpc) is 3.49. The Balaban J connectivity index is 1.44. The van der Waals surface area contributed by atoms with Gasteiger partial charge in [0.1, 0.15) is 6.04 Å². The van der Waals surface area contributed by atoms with Crippen LogP contribution in [0.4, 0.5) is 0 Å². The lowest BCUT2D eigenvalue weighted by atomic mass is 9.68. The zero-order valence-corrected chi connectivity index (χ0v) is 20.7. The monoisotopic (exact) mass is 498 g/mol. The second-order valence-corrected chi connectivity index (χ2v) is 12.6. The lowest BCUT2D eigenvalue weighted by molar-refractivity contribution is -0.157. The van der Waals surface area contributed by atoms with E-state index in [4.69, 9.17) is 0 Å². The van der Waals surface area contributed by atoms with E-state index in [2.05, 4.69) is 29.2 Å². The molecule has 1 saturated heterocycles. The van der Waals surface area contributed by atoms with E-state index in [-0.39, 0.29) is 51.5 Å². The summed E-state index contributed by atoms with van der Waals surface area (Å²) in [6, 6.07) is 7.23. The summed E-state index contributed by atoms with van der Waals surface area (Å²) in [5.74, 6) is -2.96. The van der Waals surface area contributed by atoms with Crippen LogP contribution in [0.1, 0.15) is 42.2 Å². The maximum absolute atomic E-state index is 13.6. The fourth-order valence-corrected chi connectivity index (χ4v) is 10.0. The summed E-state index contributed by atoms with van der Waals surface area (Å²) in [5, 5.41) is 10.8. The summed E-state index contributed by atoms with van der Waals surface area (Å²) >= 11 is 2.89. The van der Waals surface area contributed by atoms with E-state index >= 15 is 0 Å². The van der Waals surface area contributed by atoms with Crippen LogP contribution in [-0.2, 0) is 14.4 Å². The third-order valence-electron chi connectivity index (χ3n) is 8.36. The summed E-state index contributed by atoms with van der Waals surface area (Å²) in [4.78, 5) is 56.5. The fraction of sp³-hybridized carbons (Fsp3) is 0.520. The molecule has 178 valence electrons. The van der Waals surface area contributed by atoms with Crippen LogP contribution in [0, 0.1) is 42.4 Å². The zero-order valence-electron chi connectivity index (χ0n) is 19.1. The second kappa shape index (κ2) is 7.55. The number of rotatable bonds is 4. The number of hydrogen-bond acceptors (Lipinski definition) is 6. The van der Waals surface area contributed by atoms with E-state index in [9.17, 15) is 24.3 Å². The quantitative estimate of drug-likeness (QED) is 0.626. The van der Waals surface area contributed by atoms with Gasteiger partial charge in [0, 0.05) is 16.0 Å². The molecule has 9 heteroatoms. The second-order valence-electron chi connectivity index (χ2n) is 10.4. The Hall–Kier alpha value is -2.39. The molecule has 2 bridgehead atoms. The van der Waals surface area contributed by atoms with Crippen molar-refractivity contribution in [3.63, 3.8) is 0 Å². The van der Waals surface area contributed by atoms with Crippen molar-refractivity contribution < 1.29 is 19.5 Å². The third kappa shape index (κ3) is 2.89. The number of aromatic nitrogens is 1. The predicted octanol–water partition coefficient (Wildman–Crippen LogP) is 3.33. The van der Waals surface area contributed by atoms with Crippen LogP contribution in [0.15, 0.2) is 34.1 Å². The average molecular weight is 499 g/mol. The normalized spacial score (nSPS) is 34.4. The van der Waals surface area contributed by atoms with Crippen molar-refractivity contribution in [1.29, 1.82) is 0 Å². The number of imide groups is 1. The van der Waals surface area contributed by atoms with Gasteiger partial charge in [-0.05, 0) is 42.6 Å². The van der Waals surface area contributed by atoms with Gasteiger partial charge in [0.2, 0.25) is 11.8 Å². The number of nitrogens with one attached hydrogen (secondary N) is 1. The van der Waals surface area contributed by atoms with Gasteiger partial charge in [0.05, 0.1) is 16.9 Å². The summed E-state index contributed by atoms with van der Waals surface area (Å²) in [6.07, 6.45) is 0.796. The number of thioether (sulfide) groups is 1. The molecule has 2 aliphatic heterocycles. The lowest BCUT2D eigenvalue weighted by Crippen LogP contribution is -2.49. The Morgan fingerprint density at radius 1 is 1.09 bits per heavy atom. The van der Waals surface area contributed by atoms with Gasteiger partial charge in [-0.15, -0.1) is 11.8 Å². The van der Waals surface area contributed by atoms with Crippen molar-refractivity contribution in [2.75, 3.05) is 0 Å². The molecule has 1 aromatic carbocycles. The van der Waals surface area contributed by atoms with Crippen LogP contribution in [0.2, 0.25) is 0 Å². The maximum atomic E-state index is 13.6. The number of benzene rings is 1. The SMILES string of the molecule is Cc1ccc([C@@H]2c3sc(=O)[nH]c3S[C@@H]3[C@H]4C[C@@H]([C@@H]5C(=O)N([C@H](C(=O)O)C(C)C)C(=O)[C@H]45)[C@H]23)cc1. The first kappa shape index (κ1) is 22.1. The molecule has 2 aliphatic carbocycles. The fourth-order valence-electron chi connectivity index (χ4n) is 7.15. The molecule has 0 spiro atoms. The lowest BCUT2D eigenvalue weighted by Gasteiger charge is -2.43. The first-order valence-electron chi connectivity index (χ1n) is 11.7. The van der Waals surface area contributed by atoms with Crippen molar-refractivity contribution in [3.05, 3.63) is 49.9 Å². The van der Waals surface area contributed by atoms with Crippen molar-refractivity contribution >= 4 is 40.9 Å². The van der Waals surface area contributed by atoms with Crippen molar-refractivity contribution in [2.45, 2.75) is 49.4 Å². The minimum atomic E-state index is -1.13. The molecular weight excluding hydrogens is 472 g/mol. The van der Waals surface area contributed by atoms with Gasteiger partial charge in [-0.1, -0.05) is 55.0 Å². The van der Waals surface area contributed by atoms with E-state index in [0.717, 1.165) is 32.4 Å². The Bertz CT molecular complexity index is 1260. The standard InChI is InChI=1S/C25H26N2O5S2/c1-9(2)18(24(30)31)27-22(28)16-12-8-13(17(16)23(27)29)19-15(12)14(11-6-4-10(3)5-7-11)20-21(33-19)26-25(32)34-20/h4-7,9,12-19H,8H2,1-3H3,(H,26,32)(H,30,31)/t12-,13+,14+,15-,16+,17-,18+,19-/m1/s1. The van der Waals surface area contributed by atoms with E-state index in [1.165, 1.54) is 11.3 Å². The number of likely N-dealkylation sites (tertiary alicyclic amines) is 1. The first-order chi connectivity index (χ1) is 16.2. The highest BCUT2D eigenvalue weighted by atomic mass is 32.2. The number of carboxylic acids is 1. The summed E-state index contributed by atoms with van der Waals surface area (Å²) in [7, 11) is 0. The largest absolute Gasteiger partial charge is 0.480 e. The highest BCUT2D eigenvalue weighted by Gasteiger charge is 2.70. The van der Waals surface area contributed by atoms with E-state index in [0.29, 0.717) is 0 Å². The van der Waals surface area contributed by atoms with Gasteiger partial charge in [-0.2, -0.15) is 0 Å². The summed E-state index contributed by atoms with van der Waals surface area (Å²) < 4.78 is 0. The Kier molecular flexibility index (Phi) is 4.91. The van der Waals surface area contributed by atoms with Crippen LogP contribution in [0.5, 0.6) is 0 Å². The predicted molar refractivity (Wildman–Crippen MR) is 128 cm³/mol. The van der Waals surface area contributed by atoms with Gasteiger partial charge in [0.15, 0.2) is 0 Å². The number of amides is 2. The van der Waals surface area contributed by atoms with Gasteiger partial charge in [-0.3, -0.25) is 19.3 Å². The molecule has 1 aromatic heterocycles.